The maximum atomic E-state index is 13.7. The number of aromatic nitrogens is 1. The van der Waals surface area contributed by atoms with Crippen molar-refractivity contribution < 1.29 is 48.5 Å². The van der Waals surface area contributed by atoms with E-state index in [0.717, 1.165) is 16.5 Å². The molecule has 2 aromatic rings. The molecule has 0 saturated heterocycles. The van der Waals surface area contributed by atoms with Gasteiger partial charge in [-0.1, -0.05) is 52.8 Å². The number of aliphatic hydroxyl groups is 2. The average molecular weight is 817 g/mol. The van der Waals surface area contributed by atoms with Crippen LogP contribution in [0.3, 0.4) is 0 Å². The van der Waals surface area contributed by atoms with Gasteiger partial charge in [-0.25, -0.2) is 0 Å². The Labute approximate surface area is 342 Å². The molecule has 6 atom stereocenters. The van der Waals surface area contributed by atoms with Crippen LogP contribution in [0, 0.1) is 17.8 Å². The molecule has 9 N–H and O–H groups in total. The second kappa shape index (κ2) is 26.8. The first kappa shape index (κ1) is 50.1. The summed E-state index contributed by atoms with van der Waals surface area (Å²) in [6.45, 7) is 11.5. The predicted octanol–water partition coefficient (Wildman–Crippen LogP) is 1.48. The molecule has 0 saturated carbocycles. The molecule has 58 heavy (non-hydrogen) atoms. The van der Waals surface area contributed by atoms with E-state index in [1.165, 1.54) is 6.92 Å². The van der Waals surface area contributed by atoms with Crippen LogP contribution in [0.1, 0.15) is 85.6 Å². The molecule has 0 aliphatic rings. The zero-order valence-corrected chi connectivity index (χ0v) is 35.1. The number of carbonyl (C=O) groups is 6. The van der Waals surface area contributed by atoms with Gasteiger partial charge in [-0.2, -0.15) is 0 Å². The summed E-state index contributed by atoms with van der Waals surface area (Å²) in [7, 11) is 0. The second-order valence-corrected chi connectivity index (χ2v) is 15.4. The van der Waals surface area contributed by atoms with E-state index in [2.05, 4.69) is 26.3 Å². The molecule has 2 rings (SSSR count). The van der Waals surface area contributed by atoms with Crippen LogP contribution in [-0.2, 0) is 44.7 Å². The number of hydrogen-bond donors (Lipinski definition) is 8. The Morgan fingerprint density at radius 2 is 1.53 bits per heavy atom. The first-order valence-corrected chi connectivity index (χ1v) is 20.5. The smallest absolute Gasteiger partial charge is 0.246 e. The van der Waals surface area contributed by atoms with Crippen LogP contribution in [-0.4, -0.2) is 127 Å². The van der Waals surface area contributed by atoms with E-state index in [9.17, 15) is 39.0 Å². The van der Waals surface area contributed by atoms with E-state index in [4.69, 9.17) is 15.2 Å². The highest BCUT2D eigenvalue weighted by Crippen LogP contribution is 2.21. The molecule has 0 bridgehead atoms. The summed E-state index contributed by atoms with van der Waals surface area (Å²) in [4.78, 5) is 83.2. The topological polar surface area (TPSA) is 251 Å². The molecule has 0 radical (unpaired) electrons. The van der Waals surface area contributed by atoms with Crippen LogP contribution < -0.4 is 27.0 Å². The molecule has 16 nitrogen and oxygen atoms in total. The lowest BCUT2D eigenvalue weighted by atomic mass is 9.88. The molecule has 3 amide bonds. The van der Waals surface area contributed by atoms with Gasteiger partial charge in [0.2, 0.25) is 17.7 Å². The first-order valence-electron chi connectivity index (χ1n) is 20.5. The van der Waals surface area contributed by atoms with Gasteiger partial charge in [-0.3, -0.25) is 28.8 Å². The normalized spacial score (nSPS) is 14.7. The van der Waals surface area contributed by atoms with Crippen molar-refractivity contribution in [2.45, 2.75) is 117 Å². The highest BCUT2D eigenvalue weighted by atomic mass is 16.5. The zero-order valence-electron chi connectivity index (χ0n) is 35.1. The number of ether oxygens (including phenoxy) is 2. The monoisotopic (exact) mass is 816 g/mol. The average Bonchev–Trinajstić information content (AvgIpc) is 3.59. The van der Waals surface area contributed by atoms with Gasteiger partial charge < -0.3 is 51.7 Å². The number of aliphatic hydroxyl groups excluding tert-OH is 2. The third-order valence-electron chi connectivity index (χ3n) is 9.92. The van der Waals surface area contributed by atoms with E-state index in [1.54, 1.807) is 27.0 Å². The minimum absolute atomic E-state index is 0.157. The summed E-state index contributed by atoms with van der Waals surface area (Å²) in [5, 5.41) is 33.1. The summed E-state index contributed by atoms with van der Waals surface area (Å²) in [6.07, 6.45) is 1.39. The Hall–Kier alpha value is -4.06. The minimum Gasteiger partial charge on any atom is -0.396 e. The number of Topliss-reactive ketones (excluding diaryl/α,β-unsaturated/α-hetero) is 3. The fourth-order valence-electron chi connectivity index (χ4n) is 6.48. The lowest BCUT2D eigenvalue weighted by Gasteiger charge is -2.27. The molecule has 0 spiro atoms. The number of aromatic amines is 1. The van der Waals surface area contributed by atoms with Gasteiger partial charge >= 0.3 is 0 Å². The number of carbonyl (C=O) groups excluding carboxylic acids is 6. The molecular weight excluding hydrogens is 748 g/mol. The highest BCUT2D eigenvalue weighted by molar-refractivity contribution is 5.97. The maximum absolute atomic E-state index is 13.7. The molecule has 326 valence electrons. The van der Waals surface area contributed by atoms with Crippen LogP contribution in [0.25, 0.3) is 10.9 Å². The molecule has 16 heteroatoms. The number of hydrogen-bond acceptors (Lipinski definition) is 12. The van der Waals surface area contributed by atoms with Crippen molar-refractivity contribution in [2.24, 2.45) is 23.5 Å². The second-order valence-electron chi connectivity index (χ2n) is 15.4. The number of para-hydroxylation sites is 1. The molecule has 0 aliphatic carbocycles. The van der Waals surface area contributed by atoms with Gasteiger partial charge in [-0.05, 0) is 50.3 Å². The van der Waals surface area contributed by atoms with Crippen LogP contribution in [0.2, 0.25) is 0 Å². The summed E-state index contributed by atoms with van der Waals surface area (Å²) < 4.78 is 10.9. The summed E-state index contributed by atoms with van der Waals surface area (Å²) in [6, 6.07) is 4.92. The van der Waals surface area contributed by atoms with Gasteiger partial charge in [0.05, 0.1) is 62.5 Å². The van der Waals surface area contributed by atoms with Gasteiger partial charge in [0, 0.05) is 55.4 Å². The van der Waals surface area contributed by atoms with Crippen LogP contribution in [0.4, 0.5) is 0 Å². The summed E-state index contributed by atoms with van der Waals surface area (Å²) in [5.41, 5.74) is 7.35. The fourth-order valence-corrected chi connectivity index (χ4v) is 6.48. The molecular formula is C42H68N6O10. The molecule has 1 heterocycles. The number of unbranched alkanes of at least 4 members (excludes halogenated alkanes) is 1. The van der Waals surface area contributed by atoms with E-state index in [-0.39, 0.29) is 38.3 Å². The van der Waals surface area contributed by atoms with Crippen LogP contribution in [0.5, 0.6) is 0 Å². The Kier molecular flexibility index (Phi) is 23.2. The van der Waals surface area contributed by atoms with Gasteiger partial charge in [-0.15, -0.1) is 0 Å². The number of nitrogens with one attached hydrogen (secondary N) is 5. The van der Waals surface area contributed by atoms with E-state index in [0.29, 0.717) is 45.2 Å². The van der Waals surface area contributed by atoms with E-state index in [1.807, 2.05) is 38.1 Å². The Morgan fingerprint density at radius 1 is 0.828 bits per heavy atom. The summed E-state index contributed by atoms with van der Waals surface area (Å²) in [5.74, 6) is -6.16. The third-order valence-corrected chi connectivity index (χ3v) is 9.92. The van der Waals surface area contributed by atoms with Crippen molar-refractivity contribution in [1.29, 1.82) is 0 Å². The van der Waals surface area contributed by atoms with E-state index >= 15 is 0 Å². The number of ketones is 3. The van der Waals surface area contributed by atoms with Crippen molar-refractivity contribution in [1.82, 2.24) is 26.3 Å². The lowest BCUT2D eigenvalue weighted by Crippen LogP contribution is -2.51. The van der Waals surface area contributed by atoms with Crippen molar-refractivity contribution in [3.63, 3.8) is 0 Å². The Bertz CT molecular complexity index is 1590. The number of H-pyrrole nitrogens is 1. The Morgan fingerprint density at radius 3 is 2.17 bits per heavy atom. The number of rotatable bonds is 31. The zero-order chi connectivity index (χ0) is 43.2. The Balaban J connectivity index is 2.06. The predicted molar refractivity (Wildman–Crippen MR) is 221 cm³/mol. The summed E-state index contributed by atoms with van der Waals surface area (Å²) >= 11 is 0. The van der Waals surface area contributed by atoms with E-state index < -0.39 is 90.7 Å². The van der Waals surface area contributed by atoms with Crippen molar-refractivity contribution in [3.8, 4) is 0 Å². The van der Waals surface area contributed by atoms with Crippen LogP contribution >= 0.6 is 0 Å². The standard InChI is InChI=1S/C42H68N6O10/c1-7-36(51)35(20-29-23-45-33-13-9-8-12-31(29)33)47-42(56)32(28(6)50)22-38(53)40(26(2)3)48-41(55)30(24-49)21-37(52)34(14-10-11-15-43)46-39(54)25-58-19-18-57-17-16-44-27(4)5/h8-9,12-13,23,26-28,30,32,34-35,40,44-45,49-50H,7,10-11,14-22,24-25,43H2,1-6H3,(H,46,54)(H,47,56)(H,48,55)/t28-,30+,32+,34+,35+,40+/m1/s1. The largest absolute Gasteiger partial charge is 0.396 e. The molecule has 0 aliphatic heterocycles. The fraction of sp³-hybridized carbons (Fsp3) is 0.667. The molecule has 0 unspecified atom stereocenters. The highest BCUT2D eigenvalue weighted by Gasteiger charge is 2.35. The van der Waals surface area contributed by atoms with Crippen molar-refractivity contribution in [2.75, 3.05) is 46.1 Å². The number of fused-ring (bicyclic) bond motifs is 1. The maximum Gasteiger partial charge on any atom is 0.246 e. The first-order chi connectivity index (χ1) is 27.6. The number of benzene rings is 1. The van der Waals surface area contributed by atoms with Crippen molar-refractivity contribution >= 4 is 46.0 Å². The van der Waals surface area contributed by atoms with Gasteiger partial charge in [0.25, 0.3) is 0 Å². The van der Waals surface area contributed by atoms with Gasteiger partial charge in [0.1, 0.15) is 6.61 Å². The minimum atomic E-state index is -1.27. The third kappa shape index (κ3) is 17.4. The SMILES string of the molecule is CCC(=O)[C@H](Cc1c[nH]c2ccccc12)NC(=O)[C@@H](CC(=O)[C@@H](NC(=O)[C@H](CO)CC(=O)[C@H](CCCCN)NC(=O)COCCOCCNC(C)C)C(C)C)[C@@H](C)O. The number of amides is 3. The molecule has 1 aromatic heterocycles. The number of nitrogens with two attached hydrogens (primary N) is 1. The molecule has 1 aromatic carbocycles. The van der Waals surface area contributed by atoms with Crippen molar-refractivity contribution in [3.05, 3.63) is 36.0 Å². The van der Waals surface area contributed by atoms with Crippen LogP contribution in [0.15, 0.2) is 30.5 Å². The lowest BCUT2D eigenvalue weighted by molar-refractivity contribution is -0.138. The quantitative estimate of drug-likeness (QED) is 0.0505. The molecule has 0 fully saturated rings. The van der Waals surface area contributed by atoms with Gasteiger partial charge in [0.15, 0.2) is 17.3 Å².